The Morgan fingerprint density at radius 2 is 2.27 bits per heavy atom. The van der Waals surface area contributed by atoms with Crippen LogP contribution in [0.5, 0.6) is 0 Å². The lowest BCUT2D eigenvalue weighted by Crippen LogP contribution is -2.11. The highest BCUT2D eigenvalue weighted by atomic mass is 16.1. The van der Waals surface area contributed by atoms with Crippen LogP contribution >= 0.6 is 0 Å². The Morgan fingerprint density at radius 3 is 2.91 bits per heavy atom. The Kier molecular flexibility index (Phi) is 1.24. The number of pyridine rings is 1. The van der Waals surface area contributed by atoms with Gasteiger partial charge in [-0.05, 0) is 24.8 Å². The lowest BCUT2D eigenvalue weighted by molar-refractivity contribution is 1.05. The van der Waals surface area contributed by atoms with Gasteiger partial charge < -0.3 is 10.7 Å². The summed E-state index contributed by atoms with van der Waals surface area (Å²) in [5, 5.41) is 0. The van der Waals surface area contributed by atoms with Crippen molar-refractivity contribution in [3.8, 4) is 0 Å². The number of hydrogen-bond acceptors (Lipinski definition) is 2. The zero-order valence-corrected chi connectivity index (χ0v) is 6.13. The quantitative estimate of drug-likeness (QED) is 0.623. The third kappa shape index (κ3) is 1.13. The van der Waals surface area contributed by atoms with Crippen LogP contribution in [-0.2, 0) is 0 Å². The molecule has 1 heterocycles. The fourth-order valence-electron chi connectivity index (χ4n) is 1.22. The van der Waals surface area contributed by atoms with Crippen molar-refractivity contribution in [2.75, 3.05) is 5.73 Å². The number of nitrogen functional groups attached to an aromatic ring is 1. The van der Waals surface area contributed by atoms with Gasteiger partial charge in [0.1, 0.15) is 0 Å². The van der Waals surface area contributed by atoms with E-state index >= 15 is 0 Å². The number of nitrogens with one attached hydrogen (secondary N) is 1. The van der Waals surface area contributed by atoms with E-state index in [2.05, 4.69) is 4.98 Å². The topological polar surface area (TPSA) is 58.9 Å². The highest BCUT2D eigenvalue weighted by Gasteiger charge is 2.25. The number of aromatic nitrogens is 1. The van der Waals surface area contributed by atoms with Gasteiger partial charge in [-0.15, -0.1) is 0 Å². The first-order valence-corrected chi connectivity index (χ1v) is 3.75. The highest BCUT2D eigenvalue weighted by Crippen LogP contribution is 2.38. The smallest absolute Gasteiger partial charge is 0.251 e. The van der Waals surface area contributed by atoms with Gasteiger partial charge in [-0.1, -0.05) is 0 Å². The standard InChI is InChI=1S/C8H10N2O/c9-6-3-7(5-1-2-5)8(11)10-4-6/h3-5H,1-2,9H2,(H,10,11). The van der Waals surface area contributed by atoms with Gasteiger partial charge in [0.25, 0.3) is 5.56 Å². The summed E-state index contributed by atoms with van der Waals surface area (Å²) in [5.74, 6) is 0.474. The number of hydrogen-bond donors (Lipinski definition) is 2. The molecule has 3 nitrogen and oxygen atoms in total. The van der Waals surface area contributed by atoms with Crippen LogP contribution in [0.25, 0.3) is 0 Å². The molecule has 0 aliphatic heterocycles. The summed E-state index contributed by atoms with van der Waals surface area (Å²) < 4.78 is 0. The van der Waals surface area contributed by atoms with E-state index in [-0.39, 0.29) is 5.56 Å². The lowest BCUT2D eigenvalue weighted by atomic mass is 10.2. The second-order valence-corrected chi connectivity index (χ2v) is 2.99. The van der Waals surface area contributed by atoms with Gasteiger partial charge in [0.15, 0.2) is 0 Å². The van der Waals surface area contributed by atoms with E-state index in [1.165, 1.54) is 6.20 Å². The van der Waals surface area contributed by atoms with Crippen LogP contribution in [0.2, 0.25) is 0 Å². The molecule has 0 radical (unpaired) electrons. The fraction of sp³-hybridized carbons (Fsp3) is 0.375. The molecule has 1 aromatic heterocycles. The molecule has 0 spiro atoms. The van der Waals surface area contributed by atoms with Crippen molar-refractivity contribution in [2.45, 2.75) is 18.8 Å². The molecule has 0 saturated heterocycles. The summed E-state index contributed by atoms with van der Waals surface area (Å²) in [6, 6.07) is 1.77. The SMILES string of the molecule is Nc1c[nH]c(=O)c(C2CC2)c1. The molecular formula is C8H10N2O. The van der Waals surface area contributed by atoms with Gasteiger partial charge in [-0.25, -0.2) is 0 Å². The zero-order valence-electron chi connectivity index (χ0n) is 6.13. The average molecular weight is 150 g/mol. The number of nitrogens with two attached hydrogens (primary N) is 1. The summed E-state index contributed by atoms with van der Waals surface area (Å²) in [5.41, 5.74) is 7.04. The van der Waals surface area contributed by atoms with Crippen LogP contribution in [0, 0.1) is 0 Å². The summed E-state index contributed by atoms with van der Waals surface area (Å²) in [6.45, 7) is 0. The van der Waals surface area contributed by atoms with Gasteiger partial charge in [0.2, 0.25) is 0 Å². The van der Waals surface area contributed by atoms with Crippen LogP contribution < -0.4 is 11.3 Å². The van der Waals surface area contributed by atoms with Crippen molar-refractivity contribution >= 4 is 5.69 Å². The number of H-pyrrole nitrogens is 1. The van der Waals surface area contributed by atoms with Crippen LogP contribution in [-0.4, -0.2) is 4.98 Å². The maximum Gasteiger partial charge on any atom is 0.251 e. The van der Waals surface area contributed by atoms with Gasteiger partial charge in [0.05, 0.1) is 0 Å². The lowest BCUT2D eigenvalue weighted by Gasteiger charge is -1.96. The van der Waals surface area contributed by atoms with Crippen LogP contribution in [0.3, 0.4) is 0 Å². The van der Waals surface area contributed by atoms with Crippen LogP contribution in [0.15, 0.2) is 17.1 Å². The number of rotatable bonds is 1. The Bertz CT molecular complexity index is 325. The second kappa shape index (κ2) is 2.12. The van der Waals surface area contributed by atoms with Gasteiger partial charge in [0, 0.05) is 17.4 Å². The molecule has 1 aliphatic carbocycles. The summed E-state index contributed by atoms with van der Waals surface area (Å²) in [4.78, 5) is 13.8. The molecule has 1 fully saturated rings. The van der Waals surface area contributed by atoms with E-state index in [4.69, 9.17) is 5.73 Å². The van der Waals surface area contributed by atoms with E-state index in [0.29, 0.717) is 11.6 Å². The first-order valence-electron chi connectivity index (χ1n) is 3.75. The maximum absolute atomic E-state index is 11.1. The predicted octanol–water partition coefficient (Wildman–Crippen LogP) is 0.835. The molecule has 0 bridgehead atoms. The molecule has 0 unspecified atom stereocenters. The first kappa shape index (κ1) is 6.46. The van der Waals surface area contributed by atoms with Crippen molar-refractivity contribution in [3.05, 3.63) is 28.2 Å². The molecule has 1 aliphatic rings. The molecule has 11 heavy (non-hydrogen) atoms. The van der Waals surface area contributed by atoms with E-state index < -0.39 is 0 Å². The van der Waals surface area contributed by atoms with E-state index in [0.717, 1.165) is 18.4 Å². The monoisotopic (exact) mass is 150 g/mol. The molecule has 1 aromatic rings. The van der Waals surface area contributed by atoms with Crippen LogP contribution in [0.1, 0.15) is 24.3 Å². The molecule has 1 saturated carbocycles. The Balaban J connectivity index is 2.51. The van der Waals surface area contributed by atoms with Crippen molar-refractivity contribution in [2.24, 2.45) is 0 Å². The fourth-order valence-corrected chi connectivity index (χ4v) is 1.22. The molecule has 3 N–H and O–H groups in total. The van der Waals surface area contributed by atoms with Crippen LogP contribution in [0.4, 0.5) is 5.69 Å². The number of anilines is 1. The summed E-state index contributed by atoms with van der Waals surface area (Å²) >= 11 is 0. The van der Waals surface area contributed by atoms with E-state index in [9.17, 15) is 4.79 Å². The summed E-state index contributed by atoms with van der Waals surface area (Å²) in [6.07, 6.45) is 3.80. The number of aromatic amines is 1. The first-order chi connectivity index (χ1) is 5.27. The average Bonchev–Trinajstić information content (AvgIpc) is 2.76. The third-order valence-electron chi connectivity index (χ3n) is 1.97. The molecule has 58 valence electrons. The second-order valence-electron chi connectivity index (χ2n) is 2.99. The van der Waals surface area contributed by atoms with Gasteiger partial charge in [-0.2, -0.15) is 0 Å². The highest BCUT2D eigenvalue weighted by molar-refractivity contribution is 5.39. The molecule has 2 rings (SSSR count). The molecule has 0 amide bonds. The summed E-state index contributed by atoms with van der Waals surface area (Å²) in [7, 11) is 0. The zero-order chi connectivity index (χ0) is 7.84. The Hall–Kier alpha value is -1.25. The molecule has 0 aromatic carbocycles. The maximum atomic E-state index is 11.1. The van der Waals surface area contributed by atoms with Gasteiger partial charge >= 0.3 is 0 Å². The van der Waals surface area contributed by atoms with Gasteiger partial charge in [-0.3, -0.25) is 4.79 Å². The Morgan fingerprint density at radius 1 is 1.55 bits per heavy atom. The van der Waals surface area contributed by atoms with Crippen molar-refractivity contribution in [1.29, 1.82) is 0 Å². The molecule has 0 atom stereocenters. The minimum Gasteiger partial charge on any atom is -0.398 e. The minimum atomic E-state index is 0.0155. The van der Waals surface area contributed by atoms with E-state index in [1.807, 2.05) is 0 Å². The molecule has 3 heteroatoms. The normalized spacial score (nSPS) is 16.7. The minimum absolute atomic E-state index is 0.0155. The predicted molar refractivity (Wildman–Crippen MR) is 43.5 cm³/mol. The van der Waals surface area contributed by atoms with Crippen molar-refractivity contribution < 1.29 is 0 Å². The molecular weight excluding hydrogens is 140 g/mol. The third-order valence-corrected chi connectivity index (χ3v) is 1.97. The van der Waals surface area contributed by atoms with Crippen molar-refractivity contribution in [1.82, 2.24) is 4.98 Å². The largest absolute Gasteiger partial charge is 0.398 e. The van der Waals surface area contributed by atoms with E-state index in [1.54, 1.807) is 6.07 Å². The van der Waals surface area contributed by atoms with Crippen molar-refractivity contribution in [3.63, 3.8) is 0 Å². The Labute approximate surface area is 64.2 Å².